The summed E-state index contributed by atoms with van der Waals surface area (Å²) in [4.78, 5) is 11.5. The first-order valence-electron chi connectivity index (χ1n) is 7.97. The van der Waals surface area contributed by atoms with Crippen molar-refractivity contribution in [2.24, 2.45) is 35.0 Å². The summed E-state index contributed by atoms with van der Waals surface area (Å²) in [6, 6.07) is 0. The zero-order chi connectivity index (χ0) is 14.0. The Balaban J connectivity index is 1.91. The first-order valence-corrected chi connectivity index (χ1v) is 7.97. The molecule has 108 valence electrons. The highest BCUT2D eigenvalue weighted by Crippen LogP contribution is 2.71. The summed E-state index contributed by atoms with van der Waals surface area (Å²) in [5.41, 5.74) is 0.323. The average molecular weight is 264 g/mol. The summed E-state index contributed by atoms with van der Waals surface area (Å²) < 4.78 is 5.82. The molecule has 19 heavy (non-hydrogen) atoms. The first-order chi connectivity index (χ1) is 8.77. The molecule has 3 rings (SSSR count). The third-order valence-corrected chi connectivity index (χ3v) is 6.72. The Morgan fingerprint density at radius 1 is 1.11 bits per heavy atom. The first kappa shape index (κ1) is 13.5. The van der Waals surface area contributed by atoms with Gasteiger partial charge in [-0.25, -0.2) is 0 Å². The highest BCUT2D eigenvalue weighted by atomic mass is 16.6. The molecule has 0 aliphatic heterocycles. The predicted octanol–water partition coefficient (Wildman–Crippen LogP) is 4.04. The second-order valence-electron chi connectivity index (χ2n) is 8.14. The maximum Gasteiger partial charge on any atom is 0.303 e. The minimum absolute atomic E-state index is 0.101. The number of hydrogen-bond donors (Lipinski definition) is 0. The molecule has 0 N–H and O–H groups in total. The van der Waals surface area contributed by atoms with Gasteiger partial charge in [-0.2, -0.15) is 0 Å². The van der Waals surface area contributed by atoms with Crippen LogP contribution in [-0.4, -0.2) is 11.6 Å². The standard InChI is InChI=1S/C17H28O2/c1-10-6-7-12-14(10)15-13(16(15,3)4)8-9-17(12,5)19-11(2)18/h10,12-15H,6-9H2,1-5H3/t10-,12+,13-,14-,15-,17-/m1/s1. The van der Waals surface area contributed by atoms with Crippen molar-refractivity contribution in [3.8, 4) is 0 Å². The van der Waals surface area contributed by atoms with Crippen molar-refractivity contribution in [1.82, 2.24) is 0 Å². The van der Waals surface area contributed by atoms with Gasteiger partial charge in [0.05, 0.1) is 0 Å². The largest absolute Gasteiger partial charge is 0.459 e. The summed E-state index contributed by atoms with van der Waals surface area (Å²) in [7, 11) is 0. The zero-order valence-electron chi connectivity index (χ0n) is 13.0. The van der Waals surface area contributed by atoms with Crippen LogP contribution in [0.2, 0.25) is 0 Å². The van der Waals surface area contributed by atoms with Crippen LogP contribution in [-0.2, 0) is 9.53 Å². The van der Waals surface area contributed by atoms with Gasteiger partial charge in [0, 0.05) is 12.8 Å². The number of rotatable bonds is 1. The molecular weight excluding hydrogens is 236 g/mol. The molecule has 0 bridgehead atoms. The van der Waals surface area contributed by atoms with Gasteiger partial charge in [-0.15, -0.1) is 0 Å². The Morgan fingerprint density at radius 2 is 1.79 bits per heavy atom. The third-order valence-electron chi connectivity index (χ3n) is 6.72. The Bertz CT molecular complexity index is 400. The van der Waals surface area contributed by atoms with E-state index in [0.717, 1.165) is 30.1 Å². The second-order valence-corrected chi connectivity index (χ2v) is 8.14. The minimum atomic E-state index is -0.204. The van der Waals surface area contributed by atoms with Gasteiger partial charge in [0.15, 0.2) is 0 Å². The highest BCUT2D eigenvalue weighted by Gasteiger charge is 2.67. The van der Waals surface area contributed by atoms with Crippen LogP contribution in [0.1, 0.15) is 60.3 Å². The Morgan fingerprint density at radius 3 is 2.42 bits per heavy atom. The van der Waals surface area contributed by atoms with E-state index in [-0.39, 0.29) is 11.6 Å². The van der Waals surface area contributed by atoms with E-state index < -0.39 is 0 Å². The lowest BCUT2D eigenvalue weighted by molar-refractivity contribution is -0.164. The van der Waals surface area contributed by atoms with Crippen LogP contribution < -0.4 is 0 Å². The van der Waals surface area contributed by atoms with Crippen LogP contribution in [0.5, 0.6) is 0 Å². The molecule has 0 aromatic heterocycles. The average Bonchev–Trinajstić information content (AvgIpc) is 2.63. The van der Waals surface area contributed by atoms with Gasteiger partial charge in [0.25, 0.3) is 0 Å². The summed E-state index contributed by atoms with van der Waals surface area (Å²) in [6.07, 6.45) is 4.85. The number of carbonyl (C=O) groups is 1. The lowest BCUT2D eigenvalue weighted by Gasteiger charge is -2.39. The Hall–Kier alpha value is -0.530. The molecule has 3 aliphatic carbocycles. The Labute approximate surface area is 117 Å². The van der Waals surface area contributed by atoms with E-state index >= 15 is 0 Å². The molecule has 0 saturated heterocycles. The summed E-state index contributed by atoms with van der Waals surface area (Å²) in [6.45, 7) is 11.1. The SMILES string of the molecule is CC(=O)O[C@]1(C)CC[C@@H]2[C@H]([C@@H]3[C@H](C)CC[C@@H]31)C2(C)C. The van der Waals surface area contributed by atoms with E-state index in [1.807, 2.05) is 0 Å². The van der Waals surface area contributed by atoms with Gasteiger partial charge in [-0.05, 0) is 55.3 Å². The van der Waals surface area contributed by atoms with E-state index in [9.17, 15) is 4.79 Å². The van der Waals surface area contributed by atoms with Crippen LogP contribution in [0.15, 0.2) is 0 Å². The number of carbonyl (C=O) groups excluding carboxylic acids is 1. The minimum Gasteiger partial charge on any atom is -0.459 e. The maximum absolute atomic E-state index is 11.5. The van der Waals surface area contributed by atoms with Gasteiger partial charge in [-0.3, -0.25) is 4.79 Å². The van der Waals surface area contributed by atoms with Crippen molar-refractivity contribution in [3.63, 3.8) is 0 Å². The van der Waals surface area contributed by atoms with E-state index in [1.165, 1.54) is 19.3 Å². The number of fused-ring (bicyclic) bond motifs is 3. The quantitative estimate of drug-likeness (QED) is 0.668. The maximum atomic E-state index is 11.5. The van der Waals surface area contributed by atoms with E-state index in [1.54, 1.807) is 6.92 Å². The van der Waals surface area contributed by atoms with Crippen LogP contribution in [0.4, 0.5) is 0 Å². The summed E-state index contributed by atoms with van der Waals surface area (Å²) in [5.74, 6) is 3.78. The molecule has 3 fully saturated rings. The molecular formula is C17H28O2. The van der Waals surface area contributed by atoms with Crippen molar-refractivity contribution in [2.45, 2.75) is 65.9 Å². The summed E-state index contributed by atoms with van der Waals surface area (Å²) in [5, 5.41) is 0. The van der Waals surface area contributed by atoms with Crippen molar-refractivity contribution < 1.29 is 9.53 Å². The summed E-state index contributed by atoms with van der Waals surface area (Å²) >= 11 is 0. The lowest BCUT2D eigenvalue weighted by atomic mass is 9.74. The monoisotopic (exact) mass is 264 g/mol. The van der Waals surface area contributed by atoms with Crippen molar-refractivity contribution in [3.05, 3.63) is 0 Å². The molecule has 6 atom stereocenters. The smallest absolute Gasteiger partial charge is 0.303 e. The number of hydrogen-bond acceptors (Lipinski definition) is 2. The fraction of sp³-hybridized carbons (Fsp3) is 0.941. The van der Waals surface area contributed by atoms with Crippen molar-refractivity contribution in [2.75, 3.05) is 0 Å². The molecule has 0 spiro atoms. The van der Waals surface area contributed by atoms with Gasteiger partial charge >= 0.3 is 5.97 Å². The van der Waals surface area contributed by atoms with E-state index in [2.05, 4.69) is 27.7 Å². The van der Waals surface area contributed by atoms with Crippen molar-refractivity contribution in [1.29, 1.82) is 0 Å². The van der Waals surface area contributed by atoms with Crippen molar-refractivity contribution >= 4 is 5.97 Å². The lowest BCUT2D eigenvalue weighted by Crippen LogP contribution is -2.42. The molecule has 0 aromatic rings. The molecule has 0 radical (unpaired) electrons. The van der Waals surface area contributed by atoms with Crippen LogP contribution >= 0.6 is 0 Å². The normalized spacial score (nSPS) is 50.9. The van der Waals surface area contributed by atoms with Crippen LogP contribution in [0.3, 0.4) is 0 Å². The number of ether oxygens (including phenoxy) is 1. The molecule has 3 saturated carbocycles. The highest BCUT2D eigenvalue weighted by molar-refractivity contribution is 5.66. The molecule has 0 unspecified atom stereocenters. The molecule has 3 aliphatic rings. The van der Waals surface area contributed by atoms with Crippen LogP contribution in [0, 0.1) is 35.0 Å². The number of esters is 1. The predicted molar refractivity (Wildman–Crippen MR) is 75.5 cm³/mol. The van der Waals surface area contributed by atoms with Gasteiger partial charge in [0.1, 0.15) is 5.60 Å². The van der Waals surface area contributed by atoms with Crippen LogP contribution in [0.25, 0.3) is 0 Å². The van der Waals surface area contributed by atoms with Gasteiger partial charge < -0.3 is 4.74 Å². The molecule has 0 aromatic carbocycles. The van der Waals surface area contributed by atoms with E-state index in [4.69, 9.17) is 4.74 Å². The topological polar surface area (TPSA) is 26.3 Å². The molecule has 2 heteroatoms. The van der Waals surface area contributed by atoms with Gasteiger partial charge in [-0.1, -0.05) is 27.2 Å². The molecule has 0 amide bonds. The second kappa shape index (κ2) is 3.99. The fourth-order valence-electron chi connectivity index (χ4n) is 5.73. The zero-order valence-corrected chi connectivity index (χ0v) is 13.0. The molecule has 0 heterocycles. The Kier molecular flexibility index (Phi) is 2.82. The van der Waals surface area contributed by atoms with Gasteiger partial charge in [0.2, 0.25) is 0 Å². The fourth-order valence-corrected chi connectivity index (χ4v) is 5.73. The third kappa shape index (κ3) is 1.86. The molecule has 2 nitrogen and oxygen atoms in total. The van der Waals surface area contributed by atoms with E-state index in [0.29, 0.717) is 11.3 Å².